The van der Waals surface area contributed by atoms with Gasteiger partial charge in [0.05, 0.1) is 0 Å². The van der Waals surface area contributed by atoms with E-state index in [9.17, 15) is 0 Å². The summed E-state index contributed by atoms with van der Waals surface area (Å²) in [7, 11) is 0. The van der Waals surface area contributed by atoms with Crippen LogP contribution in [0.4, 0.5) is 0 Å². The monoisotopic (exact) mass is 57.0 g/mol. The number of hydrogen-bond donors (Lipinski definition) is 1. The van der Waals surface area contributed by atoms with Gasteiger partial charge in [0, 0.05) is 0 Å². The number of amidine groups is 1. The second-order valence-electron chi connectivity index (χ2n) is 0.625. The molecule has 0 unspecified atom stereocenters. The Morgan fingerprint density at radius 1 is 1.75 bits per heavy atom. The van der Waals surface area contributed by atoms with Crippen molar-refractivity contribution in [3.8, 4) is 0 Å². The highest BCUT2D eigenvalue weighted by molar-refractivity contribution is 5.72. The molecule has 1 radical (unpaired) electrons. The van der Waals surface area contributed by atoms with E-state index in [2.05, 4.69) is 0 Å². The highest BCUT2D eigenvalue weighted by Gasteiger charge is 1.56. The minimum absolute atomic E-state index is 0.0833. The summed E-state index contributed by atoms with van der Waals surface area (Å²) in [5, 5.41) is 6.17. The van der Waals surface area contributed by atoms with Crippen LogP contribution in [-0.4, -0.2) is 5.84 Å². The molecule has 4 heavy (non-hydrogen) atoms. The van der Waals surface area contributed by atoms with Gasteiger partial charge < -0.3 is 0 Å². The Bertz CT molecular complexity index is 27.0. The van der Waals surface area contributed by atoms with E-state index >= 15 is 0 Å². The zero-order chi connectivity index (χ0) is 3.58. The lowest BCUT2D eigenvalue weighted by molar-refractivity contribution is 1.39. The maximum absolute atomic E-state index is 6.17. The normalized spacial score (nSPS) is 6.25. The van der Waals surface area contributed by atoms with Crippen LogP contribution in [0.1, 0.15) is 6.92 Å². The first-order chi connectivity index (χ1) is 1.73. The lowest BCUT2D eigenvalue weighted by Gasteiger charge is -1.63. The SMILES string of the molecule is CC([NH])=N. The topological polar surface area (TPSA) is 47.7 Å². The summed E-state index contributed by atoms with van der Waals surface area (Å²) in [6.07, 6.45) is 0. The van der Waals surface area contributed by atoms with Gasteiger partial charge in [0.15, 0.2) is 0 Å². The third-order valence-electron chi connectivity index (χ3n) is 0. The fourth-order valence-electron chi connectivity index (χ4n) is 0. The van der Waals surface area contributed by atoms with E-state index in [-0.39, 0.29) is 5.84 Å². The molecule has 23 valence electrons. The van der Waals surface area contributed by atoms with Gasteiger partial charge in [0.2, 0.25) is 0 Å². The predicted molar refractivity (Wildman–Crippen MR) is 16.5 cm³/mol. The maximum Gasteiger partial charge on any atom is 0.109 e. The Hall–Kier alpha value is -0.530. The number of hydrogen-bond acceptors (Lipinski definition) is 1. The highest BCUT2D eigenvalue weighted by atomic mass is 14.7. The van der Waals surface area contributed by atoms with Crippen molar-refractivity contribution in [2.75, 3.05) is 0 Å². The fraction of sp³-hybridized carbons (Fsp3) is 0.500. The molecule has 0 heterocycles. The summed E-state index contributed by atoms with van der Waals surface area (Å²) >= 11 is 0. The summed E-state index contributed by atoms with van der Waals surface area (Å²) < 4.78 is 0. The fourth-order valence-corrected chi connectivity index (χ4v) is 0. The van der Waals surface area contributed by atoms with Crippen LogP contribution in [0.2, 0.25) is 0 Å². The third kappa shape index (κ3) is 1.16. The van der Waals surface area contributed by atoms with Crippen LogP contribution in [0.15, 0.2) is 0 Å². The summed E-state index contributed by atoms with van der Waals surface area (Å²) in [5.41, 5.74) is 6.17. The van der Waals surface area contributed by atoms with Crippen LogP contribution in [0.3, 0.4) is 0 Å². The Kier molecular flexibility index (Phi) is 0.759. The van der Waals surface area contributed by atoms with Crippen molar-refractivity contribution in [2.24, 2.45) is 0 Å². The molecule has 0 aliphatic heterocycles. The first kappa shape index (κ1) is 3.47. The van der Waals surface area contributed by atoms with E-state index in [1.54, 1.807) is 0 Å². The standard InChI is InChI=1S/C2H5N2/c1-2(3)4/h3-4H,1H3. The Labute approximate surface area is 25.1 Å². The van der Waals surface area contributed by atoms with E-state index in [4.69, 9.17) is 11.1 Å². The second kappa shape index (κ2) is 0.875. The van der Waals surface area contributed by atoms with Crippen molar-refractivity contribution in [3.63, 3.8) is 0 Å². The molecule has 0 fully saturated rings. The van der Waals surface area contributed by atoms with Gasteiger partial charge in [-0.15, -0.1) is 0 Å². The molecule has 0 atom stereocenters. The molecule has 2 heteroatoms. The van der Waals surface area contributed by atoms with Gasteiger partial charge in [0.25, 0.3) is 0 Å². The van der Waals surface area contributed by atoms with Gasteiger partial charge in [-0.05, 0) is 6.92 Å². The highest BCUT2D eigenvalue weighted by Crippen LogP contribution is 1.41. The van der Waals surface area contributed by atoms with Crippen molar-refractivity contribution in [2.45, 2.75) is 6.92 Å². The van der Waals surface area contributed by atoms with E-state index < -0.39 is 0 Å². The van der Waals surface area contributed by atoms with Gasteiger partial charge in [-0.25, -0.2) is 0 Å². The van der Waals surface area contributed by atoms with E-state index in [1.807, 2.05) is 0 Å². The third-order valence-corrected chi connectivity index (χ3v) is 0. The molecular formula is C2H5N2. The largest absolute Gasteiger partial charge is 0.287 e. The van der Waals surface area contributed by atoms with Crippen LogP contribution in [0.5, 0.6) is 0 Å². The van der Waals surface area contributed by atoms with E-state index in [1.165, 1.54) is 6.92 Å². The Morgan fingerprint density at radius 3 is 1.75 bits per heavy atom. The van der Waals surface area contributed by atoms with Crippen molar-refractivity contribution in [3.05, 3.63) is 0 Å². The van der Waals surface area contributed by atoms with Gasteiger partial charge >= 0.3 is 0 Å². The van der Waals surface area contributed by atoms with E-state index in [0.29, 0.717) is 0 Å². The van der Waals surface area contributed by atoms with E-state index in [0.717, 1.165) is 0 Å². The maximum atomic E-state index is 6.17. The molecule has 0 aliphatic rings. The molecule has 0 aromatic heterocycles. The minimum atomic E-state index is -0.0833. The van der Waals surface area contributed by atoms with Gasteiger partial charge in [-0.1, -0.05) is 0 Å². The molecule has 2 nitrogen and oxygen atoms in total. The predicted octanol–water partition coefficient (Wildman–Crippen LogP) is 0.266. The molecule has 0 spiro atoms. The van der Waals surface area contributed by atoms with Gasteiger partial charge in [-0.3, -0.25) is 11.1 Å². The van der Waals surface area contributed by atoms with Crippen LogP contribution < -0.4 is 5.73 Å². The molecule has 0 saturated heterocycles. The van der Waals surface area contributed by atoms with Gasteiger partial charge in [-0.2, -0.15) is 0 Å². The van der Waals surface area contributed by atoms with Crippen LogP contribution in [0, 0.1) is 5.41 Å². The van der Waals surface area contributed by atoms with Crippen molar-refractivity contribution in [1.29, 1.82) is 5.41 Å². The van der Waals surface area contributed by atoms with Crippen molar-refractivity contribution in [1.82, 2.24) is 5.73 Å². The van der Waals surface area contributed by atoms with Crippen molar-refractivity contribution < 1.29 is 0 Å². The first-order valence-corrected chi connectivity index (χ1v) is 1.00. The zero-order valence-corrected chi connectivity index (χ0v) is 2.50. The summed E-state index contributed by atoms with van der Waals surface area (Å²) in [5.74, 6) is -0.0833. The lowest BCUT2D eigenvalue weighted by Crippen LogP contribution is -1.81. The molecule has 2 N–H and O–H groups in total. The molecular weight excluding hydrogens is 52.0 g/mol. The van der Waals surface area contributed by atoms with Crippen LogP contribution in [-0.2, 0) is 0 Å². The molecule has 0 aliphatic carbocycles. The lowest BCUT2D eigenvalue weighted by atomic mass is 10.8. The zero-order valence-electron chi connectivity index (χ0n) is 2.50. The Morgan fingerprint density at radius 2 is 1.75 bits per heavy atom. The summed E-state index contributed by atoms with van der Waals surface area (Å²) in [4.78, 5) is 0. The molecule has 0 rings (SSSR count). The van der Waals surface area contributed by atoms with Gasteiger partial charge in [0.1, 0.15) is 5.84 Å². The molecule has 0 bridgehead atoms. The average molecular weight is 57.1 g/mol. The smallest absolute Gasteiger partial charge is 0.109 e. The molecule has 0 saturated carbocycles. The number of rotatable bonds is 0. The minimum Gasteiger partial charge on any atom is -0.287 e. The second-order valence-corrected chi connectivity index (χ2v) is 0.625. The number of nitrogens with one attached hydrogen (secondary N) is 2. The van der Waals surface area contributed by atoms with Crippen LogP contribution in [0.25, 0.3) is 0 Å². The van der Waals surface area contributed by atoms with Crippen molar-refractivity contribution >= 4 is 5.84 Å². The first-order valence-electron chi connectivity index (χ1n) is 1.00. The summed E-state index contributed by atoms with van der Waals surface area (Å²) in [6.45, 7) is 1.42. The summed E-state index contributed by atoms with van der Waals surface area (Å²) in [6, 6.07) is 0. The molecule has 0 amide bonds. The van der Waals surface area contributed by atoms with Crippen LogP contribution >= 0.6 is 0 Å². The average Bonchev–Trinajstić information content (AvgIpc) is 0.811. The Balaban J connectivity index is 2.80. The quantitative estimate of drug-likeness (QED) is 0.306. The molecule has 0 aromatic rings. The molecule has 0 aromatic carbocycles.